The summed E-state index contributed by atoms with van der Waals surface area (Å²) in [4.78, 5) is 21.3. The van der Waals surface area contributed by atoms with Gasteiger partial charge in [0.2, 0.25) is 5.91 Å². The van der Waals surface area contributed by atoms with E-state index in [4.69, 9.17) is 0 Å². The maximum absolute atomic E-state index is 13.5. The van der Waals surface area contributed by atoms with E-state index in [1.54, 1.807) is 11.3 Å². The van der Waals surface area contributed by atoms with Crippen molar-refractivity contribution in [2.24, 2.45) is 5.41 Å². The first-order valence-electron chi connectivity index (χ1n) is 9.69. The number of aromatic nitrogens is 2. The average Bonchev–Trinajstić information content (AvgIpc) is 3.07. The van der Waals surface area contributed by atoms with Gasteiger partial charge < -0.3 is 14.8 Å². The summed E-state index contributed by atoms with van der Waals surface area (Å²) < 4.78 is 2.15. The molecule has 1 aliphatic carbocycles. The molecule has 1 spiro atoms. The predicted molar refractivity (Wildman–Crippen MR) is 104 cm³/mol. The molecule has 0 unspecified atom stereocenters. The smallest absolute Gasteiger partial charge is 0.231 e. The summed E-state index contributed by atoms with van der Waals surface area (Å²) in [5.41, 5.74) is 0.333. The predicted octanol–water partition coefficient (Wildman–Crippen LogP) is 3.24. The van der Waals surface area contributed by atoms with Gasteiger partial charge in [0.25, 0.3) is 0 Å². The number of carbonyl (C=O) groups is 1. The van der Waals surface area contributed by atoms with E-state index >= 15 is 0 Å². The molecule has 0 aromatic carbocycles. The van der Waals surface area contributed by atoms with Gasteiger partial charge in [-0.25, -0.2) is 4.98 Å². The molecular weight excluding hydrogens is 344 g/mol. The van der Waals surface area contributed by atoms with E-state index in [0.29, 0.717) is 18.0 Å². The molecule has 0 radical (unpaired) electrons. The standard InChI is InChI=1S/C20H28N4OS/c1-3-23-11-10-22-18(23)14-24(17-13-20(17)6-8-21-9-7-20)19(25)15(2)16-5-4-12-26-16/h4-5,10-12,15,17,21H,3,6-9,13-14H2,1-2H3/t15-,17-/m0/s1. The minimum atomic E-state index is -0.0839. The van der Waals surface area contributed by atoms with Crippen LogP contribution >= 0.6 is 11.3 Å². The molecule has 0 bridgehead atoms. The van der Waals surface area contributed by atoms with E-state index in [2.05, 4.69) is 38.1 Å². The summed E-state index contributed by atoms with van der Waals surface area (Å²) in [5.74, 6) is 1.16. The van der Waals surface area contributed by atoms with E-state index in [1.807, 2.05) is 25.4 Å². The monoisotopic (exact) mass is 372 g/mol. The van der Waals surface area contributed by atoms with Crippen LogP contribution in [0.15, 0.2) is 29.9 Å². The molecule has 5 nitrogen and oxygen atoms in total. The zero-order chi connectivity index (χ0) is 18.1. The molecule has 1 amide bonds. The van der Waals surface area contributed by atoms with Gasteiger partial charge in [-0.2, -0.15) is 0 Å². The number of thiophene rings is 1. The molecule has 2 aliphatic rings. The summed E-state index contributed by atoms with van der Waals surface area (Å²) in [6.45, 7) is 7.82. The lowest BCUT2D eigenvalue weighted by Gasteiger charge is -2.31. The van der Waals surface area contributed by atoms with Crippen LogP contribution in [-0.4, -0.2) is 39.5 Å². The van der Waals surface area contributed by atoms with Crippen LogP contribution in [-0.2, 0) is 17.9 Å². The SMILES string of the molecule is CCn1ccnc1CN(C(=O)[C@@H](C)c1cccs1)[C@H]1CC12CCNCC2. The Hall–Kier alpha value is -1.66. The van der Waals surface area contributed by atoms with Gasteiger partial charge in [-0.1, -0.05) is 6.07 Å². The van der Waals surface area contributed by atoms with Crippen molar-refractivity contribution in [1.82, 2.24) is 19.8 Å². The third-order valence-electron chi connectivity index (χ3n) is 6.20. The fraction of sp³-hybridized carbons (Fsp3) is 0.600. The van der Waals surface area contributed by atoms with Crippen LogP contribution in [0.25, 0.3) is 0 Å². The zero-order valence-electron chi connectivity index (χ0n) is 15.6. The van der Waals surface area contributed by atoms with Gasteiger partial charge >= 0.3 is 0 Å². The van der Waals surface area contributed by atoms with Crippen molar-refractivity contribution in [2.45, 2.75) is 58.2 Å². The number of hydrogen-bond acceptors (Lipinski definition) is 4. The molecule has 2 fully saturated rings. The second-order valence-electron chi connectivity index (χ2n) is 7.67. The third kappa shape index (κ3) is 3.21. The van der Waals surface area contributed by atoms with Crippen LogP contribution in [0.4, 0.5) is 0 Å². The second kappa shape index (κ2) is 7.16. The van der Waals surface area contributed by atoms with Gasteiger partial charge in [0.05, 0.1) is 12.5 Å². The highest BCUT2D eigenvalue weighted by atomic mass is 32.1. The Morgan fingerprint density at radius 2 is 2.31 bits per heavy atom. The Labute approximate surface area is 159 Å². The van der Waals surface area contributed by atoms with Crippen LogP contribution in [0, 0.1) is 5.41 Å². The van der Waals surface area contributed by atoms with Crippen molar-refractivity contribution in [1.29, 1.82) is 0 Å². The molecule has 26 heavy (non-hydrogen) atoms. The Morgan fingerprint density at radius 1 is 1.50 bits per heavy atom. The van der Waals surface area contributed by atoms with E-state index in [0.717, 1.165) is 36.8 Å². The number of amides is 1. The summed E-state index contributed by atoms with van der Waals surface area (Å²) >= 11 is 1.67. The summed E-state index contributed by atoms with van der Waals surface area (Å²) in [7, 11) is 0. The van der Waals surface area contributed by atoms with Crippen LogP contribution < -0.4 is 5.32 Å². The summed E-state index contributed by atoms with van der Waals surface area (Å²) in [6.07, 6.45) is 7.35. The maximum Gasteiger partial charge on any atom is 0.231 e. The van der Waals surface area contributed by atoms with Gasteiger partial charge in [0, 0.05) is 29.9 Å². The number of carbonyl (C=O) groups excluding carboxylic acids is 1. The number of imidazole rings is 1. The number of aryl methyl sites for hydroxylation is 1. The highest BCUT2D eigenvalue weighted by Crippen LogP contribution is 2.56. The molecule has 6 heteroatoms. The number of rotatable bonds is 6. The molecule has 2 atom stereocenters. The van der Waals surface area contributed by atoms with Crippen LogP contribution in [0.5, 0.6) is 0 Å². The van der Waals surface area contributed by atoms with Crippen LogP contribution in [0.3, 0.4) is 0 Å². The molecule has 1 saturated carbocycles. The highest BCUT2D eigenvalue weighted by molar-refractivity contribution is 7.10. The van der Waals surface area contributed by atoms with Gasteiger partial charge in [-0.15, -0.1) is 11.3 Å². The minimum Gasteiger partial charge on any atom is -0.334 e. The normalized spacial score (nSPS) is 22.3. The maximum atomic E-state index is 13.5. The number of hydrogen-bond donors (Lipinski definition) is 1. The lowest BCUT2D eigenvalue weighted by Crippen LogP contribution is -2.41. The number of nitrogens with one attached hydrogen (secondary N) is 1. The summed E-state index contributed by atoms with van der Waals surface area (Å²) in [5, 5.41) is 5.51. The molecule has 2 aromatic rings. The second-order valence-corrected chi connectivity index (χ2v) is 8.64. The molecule has 3 heterocycles. The quantitative estimate of drug-likeness (QED) is 0.847. The number of nitrogens with zero attached hydrogens (tertiary/aromatic N) is 3. The van der Waals surface area contributed by atoms with Gasteiger partial charge in [-0.05, 0) is 63.1 Å². The van der Waals surface area contributed by atoms with E-state index in [9.17, 15) is 4.79 Å². The van der Waals surface area contributed by atoms with Gasteiger partial charge in [0.1, 0.15) is 5.82 Å². The molecule has 1 aliphatic heterocycles. The van der Waals surface area contributed by atoms with Crippen molar-refractivity contribution in [3.8, 4) is 0 Å². The van der Waals surface area contributed by atoms with Crippen LogP contribution in [0.2, 0.25) is 0 Å². The van der Waals surface area contributed by atoms with E-state index in [1.165, 1.54) is 12.8 Å². The molecule has 140 valence electrons. The highest BCUT2D eigenvalue weighted by Gasteiger charge is 2.58. The van der Waals surface area contributed by atoms with Crippen molar-refractivity contribution >= 4 is 17.2 Å². The first-order chi connectivity index (χ1) is 12.6. The Morgan fingerprint density at radius 3 is 3.00 bits per heavy atom. The zero-order valence-corrected chi connectivity index (χ0v) is 16.5. The van der Waals surface area contributed by atoms with Crippen molar-refractivity contribution in [2.75, 3.05) is 13.1 Å². The largest absolute Gasteiger partial charge is 0.334 e. The first kappa shape index (κ1) is 17.7. The van der Waals surface area contributed by atoms with E-state index in [-0.39, 0.29) is 11.8 Å². The Balaban J connectivity index is 1.58. The lowest BCUT2D eigenvalue weighted by molar-refractivity contribution is -0.134. The fourth-order valence-electron chi connectivity index (χ4n) is 4.41. The Bertz CT molecular complexity index is 748. The van der Waals surface area contributed by atoms with E-state index < -0.39 is 0 Å². The molecule has 1 N–H and O–H groups in total. The van der Waals surface area contributed by atoms with Crippen molar-refractivity contribution in [3.63, 3.8) is 0 Å². The Kier molecular flexibility index (Phi) is 4.88. The number of piperidine rings is 1. The van der Waals surface area contributed by atoms with Gasteiger partial charge in [0.15, 0.2) is 0 Å². The summed E-state index contributed by atoms with van der Waals surface area (Å²) in [6, 6.07) is 4.47. The molecular formula is C20H28N4OS. The minimum absolute atomic E-state index is 0.0839. The van der Waals surface area contributed by atoms with Crippen molar-refractivity contribution < 1.29 is 4.79 Å². The topological polar surface area (TPSA) is 50.2 Å². The van der Waals surface area contributed by atoms with Crippen LogP contribution in [0.1, 0.15) is 49.7 Å². The lowest BCUT2D eigenvalue weighted by atomic mass is 9.93. The molecule has 1 saturated heterocycles. The van der Waals surface area contributed by atoms with Gasteiger partial charge in [-0.3, -0.25) is 4.79 Å². The fourth-order valence-corrected chi connectivity index (χ4v) is 5.19. The first-order valence-corrected chi connectivity index (χ1v) is 10.6. The average molecular weight is 373 g/mol. The third-order valence-corrected chi connectivity index (χ3v) is 7.25. The van der Waals surface area contributed by atoms with Crippen molar-refractivity contribution in [3.05, 3.63) is 40.6 Å². The molecule has 4 rings (SSSR count). The molecule has 2 aromatic heterocycles.